The molecule has 0 heterocycles. The van der Waals surface area contributed by atoms with E-state index in [2.05, 4.69) is 5.32 Å². The van der Waals surface area contributed by atoms with Gasteiger partial charge in [0.25, 0.3) is 5.91 Å². The second kappa shape index (κ2) is 9.59. The SMILES string of the molecule is CCOc1ccc(C(=O)Nc2ccc(C(F)(F)F)cc2)cc1COCC(C)C. The Kier molecular flexibility index (Phi) is 7.45. The summed E-state index contributed by atoms with van der Waals surface area (Å²) in [6.07, 6.45) is -4.41. The molecular weight excluding hydrogens is 371 g/mol. The molecule has 0 aromatic heterocycles. The maximum absolute atomic E-state index is 12.6. The molecule has 0 aliphatic heterocycles. The Labute approximate surface area is 162 Å². The highest BCUT2D eigenvalue weighted by molar-refractivity contribution is 6.04. The first-order valence-corrected chi connectivity index (χ1v) is 9.02. The number of anilines is 1. The van der Waals surface area contributed by atoms with Crippen molar-refractivity contribution in [2.75, 3.05) is 18.5 Å². The van der Waals surface area contributed by atoms with Gasteiger partial charge in [0.1, 0.15) is 5.75 Å². The summed E-state index contributed by atoms with van der Waals surface area (Å²) in [5.41, 5.74) is 0.620. The van der Waals surface area contributed by atoms with Gasteiger partial charge in [0, 0.05) is 23.4 Å². The van der Waals surface area contributed by atoms with Gasteiger partial charge in [-0.1, -0.05) is 13.8 Å². The van der Waals surface area contributed by atoms with E-state index in [-0.39, 0.29) is 5.69 Å². The number of hydrogen-bond donors (Lipinski definition) is 1. The molecule has 0 saturated heterocycles. The van der Waals surface area contributed by atoms with Gasteiger partial charge < -0.3 is 14.8 Å². The molecule has 2 aromatic rings. The van der Waals surface area contributed by atoms with Crippen LogP contribution in [0.15, 0.2) is 42.5 Å². The fourth-order valence-corrected chi connectivity index (χ4v) is 2.48. The Morgan fingerprint density at radius 2 is 1.79 bits per heavy atom. The van der Waals surface area contributed by atoms with Crippen LogP contribution in [0.3, 0.4) is 0 Å². The molecule has 0 fully saturated rings. The standard InChI is InChI=1S/C21H24F3NO3/c1-4-28-19-10-5-15(11-16(19)13-27-12-14(2)3)20(26)25-18-8-6-17(7-9-18)21(22,23)24/h5-11,14H,4,12-13H2,1-3H3,(H,25,26). The molecule has 2 rings (SSSR count). The summed E-state index contributed by atoms with van der Waals surface area (Å²) in [7, 11) is 0. The zero-order chi connectivity index (χ0) is 20.7. The lowest BCUT2D eigenvalue weighted by Gasteiger charge is -2.14. The summed E-state index contributed by atoms with van der Waals surface area (Å²) in [6.45, 7) is 7.30. The molecular formula is C21H24F3NO3. The molecule has 0 radical (unpaired) electrons. The van der Waals surface area contributed by atoms with Crippen LogP contribution in [-0.4, -0.2) is 19.1 Å². The Balaban J connectivity index is 2.13. The minimum atomic E-state index is -4.41. The summed E-state index contributed by atoms with van der Waals surface area (Å²) >= 11 is 0. The van der Waals surface area contributed by atoms with Gasteiger partial charge in [0.2, 0.25) is 0 Å². The van der Waals surface area contributed by atoms with Gasteiger partial charge in [-0.2, -0.15) is 13.2 Å². The zero-order valence-electron chi connectivity index (χ0n) is 16.1. The average Bonchev–Trinajstić information content (AvgIpc) is 2.62. The predicted molar refractivity (Wildman–Crippen MR) is 102 cm³/mol. The number of halogens is 3. The van der Waals surface area contributed by atoms with Gasteiger partial charge in [-0.25, -0.2) is 0 Å². The maximum atomic E-state index is 12.6. The topological polar surface area (TPSA) is 47.6 Å². The summed E-state index contributed by atoms with van der Waals surface area (Å²) in [5, 5.41) is 2.60. The molecule has 1 N–H and O–H groups in total. The molecule has 0 bridgehead atoms. The van der Waals surface area contributed by atoms with Crippen molar-refractivity contribution in [1.82, 2.24) is 0 Å². The van der Waals surface area contributed by atoms with Crippen LogP contribution < -0.4 is 10.1 Å². The summed E-state index contributed by atoms with van der Waals surface area (Å²) < 4.78 is 49.1. The first-order valence-electron chi connectivity index (χ1n) is 9.02. The van der Waals surface area contributed by atoms with Crippen molar-refractivity contribution in [3.63, 3.8) is 0 Å². The van der Waals surface area contributed by atoms with Gasteiger partial charge in [0.05, 0.1) is 18.8 Å². The molecule has 0 aliphatic carbocycles. The molecule has 0 saturated carbocycles. The highest BCUT2D eigenvalue weighted by atomic mass is 19.4. The van der Waals surface area contributed by atoms with Crippen molar-refractivity contribution in [2.45, 2.75) is 33.6 Å². The highest BCUT2D eigenvalue weighted by Gasteiger charge is 2.30. The Morgan fingerprint density at radius 1 is 1.11 bits per heavy atom. The number of amides is 1. The zero-order valence-corrected chi connectivity index (χ0v) is 16.1. The summed E-state index contributed by atoms with van der Waals surface area (Å²) in [5.74, 6) is 0.590. The van der Waals surface area contributed by atoms with Gasteiger partial charge in [0.15, 0.2) is 0 Å². The van der Waals surface area contributed by atoms with Gasteiger partial charge in [-0.3, -0.25) is 4.79 Å². The second-order valence-corrected chi connectivity index (χ2v) is 6.69. The summed E-state index contributed by atoms with van der Waals surface area (Å²) in [4.78, 5) is 12.5. The van der Waals surface area contributed by atoms with E-state index in [9.17, 15) is 18.0 Å². The fraction of sp³-hybridized carbons (Fsp3) is 0.381. The van der Waals surface area contributed by atoms with Crippen LogP contribution in [0.5, 0.6) is 5.75 Å². The molecule has 0 spiro atoms. The number of carbonyl (C=O) groups is 1. The lowest BCUT2D eigenvalue weighted by Crippen LogP contribution is -2.13. The smallest absolute Gasteiger partial charge is 0.416 e. The van der Waals surface area contributed by atoms with E-state index in [1.807, 2.05) is 20.8 Å². The third-order valence-electron chi connectivity index (χ3n) is 3.80. The summed E-state index contributed by atoms with van der Waals surface area (Å²) in [6, 6.07) is 9.28. The van der Waals surface area contributed by atoms with Crippen molar-refractivity contribution in [3.05, 3.63) is 59.2 Å². The van der Waals surface area contributed by atoms with E-state index >= 15 is 0 Å². The number of rotatable bonds is 8. The Bertz CT molecular complexity index is 786. The van der Waals surface area contributed by atoms with E-state index in [1.54, 1.807) is 18.2 Å². The normalized spacial score (nSPS) is 11.5. The van der Waals surface area contributed by atoms with Crippen LogP contribution in [0, 0.1) is 5.92 Å². The van der Waals surface area contributed by atoms with Gasteiger partial charge >= 0.3 is 6.18 Å². The highest BCUT2D eigenvalue weighted by Crippen LogP contribution is 2.30. The van der Waals surface area contributed by atoms with Crippen LogP contribution in [0.25, 0.3) is 0 Å². The molecule has 4 nitrogen and oxygen atoms in total. The number of alkyl halides is 3. The predicted octanol–water partition coefficient (Wildman–Crippen LogP) is 5.53. The first-order chi connectivity index (χ1) is 13.2. The van der Waals surface area contributed by atoms with Crippen LogP contribution in [0.2, 0.25) is 0 Å². The van der Waals surface area contributed by atoms with E-state index in [1.165, 1.54) is 12.1 Å². The van der Waals surface area contributed by atoms with Crippen molar-refractivity contribution in [2.24, 2.45) is 5.92 Å². The van der Waals surface area contributed by atoms with Crippen LogP contribution in [-0.2, 0) is 17.5 Å². The lowest BCUT2D eigenvalue weighted by atomic mass is 10.1. The molecule has 1 amide bonds. The largest absolute Gasteiger partial charge is 0.494 e. The monoisotopic (exact) mass is 395 g/mol. The number of hydrogen-bond acceptors (Lipinski definition) is 3. The molecule has 28 heavy (non-hydrogen) atoms. The molecule has 7 heteroatoms. The van der Waals surface area contributed by atoms with Crippen molar-refractivity contribution >= 4 is 11.6 Å². The number of carbonyl (C=O) groups excluding carboxylic acids is 1. The molecule has 2 aromatic carbocycles. The van der Waals surface area contributed by atoms with Gasteiger partial charge in [-0.05, 0) is 55.3 Å². The molecule has 152 valence electrons. The third kappa shape index (κ3) is 6.27. The van der Waals surface area contributed by atoms with Crippen LogP contribution in [0.4, 0.5) is 18.9 Å². The lowest BCUT2D eigenvalue weighted by molar-refractivity contribution is -0.137. The van der Waals surface area contributed by atoms with E-state index in [4.69, 9.17) is 9.47 Å². The average molecular weight is 395 g/mol. The van der Waals surface area contributed by atoms with E-state index < -0.39 is 17.6 Å². The molecule has 0 aliphatic rings. The molecule has 0 unspecified atom stereocenters. The van der Waals surface area contributed by atoms with Crippen molar-refractivity contribution in [1.29, 1.82) is 0 Å². The van der Waals surface area contributed by atoms with Crippen molar-refractivity contribution in [3.8, 4) is 5.75 Å². The first kappa shape index (κ1) is 21.8. The fourth-order valence-electron chi connectivity index (χ4n) is 2.48. The number of nitrogens with one attached hydrogen (secondary N) is 1. The van der Waals surface area contributed by atoms with E-state index in [0.717, 1.165) is 17.7 Å². The third-order valence-corrected chi connectivity index (χ3v) is 3.80. The Hall–Kier alpha value is -2.54. The van der Waals surface area contributed by atoms with Gasteiger partial charge in [-0.15, -0.1) is 0 Å². The second-order valence-electron chi connectivity index (χ2n) is 6.69. The minimum Gasteiger partial charge on any atom is -0.494 e. The van der Waals surface area contributed by atoms with Crippen LogP contribution >= 0.6 is 0 Å². The minimum absolute atomic E-state index is 0.282. The van der Waals surface area contributed by atoms with E-state index in [0.29, 0.717) is 37.1 Å². The number of ether oxygens (including phenoxy) is 2. The number of benzene rings is 2. The maximum Gasteiger partial charge on any atom is 0.416 e. The Morgan fingerprint density at radius 3 is 2.36 bits per heavy atom. The van der Waals surface area contributed by atoms with Crippen LogP contribution in [0.1, 0.15) is 42.3 Å². The van der Waals surface area contributed by atoms with Crippen molar-refractivity contribution < 1.29 is 27.4 Å². The quantitative estimate of drug-likeness (QED) is 0.639. The molecule has 0 atom stereocenters.